The molecule has 5 rings (SSSR count). The maximum Gasteiger partial charge on any atom is 0.224 e. The zero-order valence-electron chi connectivity index (χ0n) is 15.8. The van der Waals surface area contributed by atoms with Gasteiger partial charge in [-0.05, 0) is 18.2 Å². The van der Waals surface area contributed by atoms with Gasteiger partial charge < -0.3 is 10.3 Å². The van der Waals surface area contributed by atoms with E-state index in [1.54, 1.807) is 25.3 Å². The van der Waals surface area contributed by atoms with E-state index < -0.39 is 5.82 Å². The summed E-state index contributed by atoms with van der Waals surface area (Å²) in [6, 6.07) is 5.27. The number of aromatic amines is 2. The maximum atomic E-state index is 15.6. The molecule has 5 aromatic heterocycles. The second-order valence-electron chi connectivity index (χ2n) is 6.61. The fourth-order valence-electron chi connectivity index (χ4n) is 3.19. The lowest BCUT2D eigenvalue weighted by molar-refractivity contribution is -0.115. The highest BCUT2D eigenvalue weighted by atomic mass is 19.1. The molecule has 0 radical (unpaired) electrons. The highest BCUT2D eigenvalue weighted by molar-refractivity contribution is 5.94. The first kappa shape index (κ1) is 17.9. The van der Waals surface area contributed by atoms with Gasteiger partial charge in [0.15, 0.2) is 17.1 Å². The molecule has 148 valence electrons. The smallest absolute Gasteiger partial charge is 0.224 e. The van der Waals surface area contributed by atoms with E-state index in [9.17, 15) is 4.79 Å². The van der Waals surface area contributed by atoms with Crippen molar-refractivity contribution < 1.29 is 9.18 Å². The number of rotatable bonds is 4. The number of anilines is 1. The Morgan fingerprint density at radius 1 is 1.20 bits per heavy atom. The third-order valence-electron chi connectivity index (χ3n) is 4.67. The third-order valence-corrected chi connectivity index (χ3v) is 4.67. The van der Waals surface area contributed by atoms with Gasteiger partial charge in [-0.15, -0.1) is 0 Å². The number of imidazole rings is 1. The Balaban J connectivity index is 1.63. The average molecular weight is 402 g/mol. The average Bonchev–Trinajstić information content (AvgIpc) is 3.38. The Bertz CT molecular complexity index is 1370. The minimum atomic E-state index is -0.516. The van der Waals surface area contributed by atoms with Crippen LogP contribution in [0.3, 0.4) is 0 Å². The molecule has 5 heterocycles. The number of H-pyrrole nitrogens is 2. The maximum absolute atomic E-state index is 15.6. The topological polar surface area (TPSA) is 125 Å². The number of aromatic nitrogens is 7. The third kappa shape index (κ3) is 2.94. The van der Waals surface area contributed by atoms with Gasteiger partial charge >= 0.3 is 0 Å². The van der Waals surface area contributed by atoms with Crippen LogP contribution in [0, 0.1) is 5.82 Å². The van der Waals surface area contributed by atoms with Crippen LogP contribution in [0.15, 0.2) is 43.0 Å². The predicted molar refractivity (Wildman–Crippen MR) is 109 cm³/mol. The number of carbonyl (C=O) groups is 1. The fraction of sp³-hybridized carbons (Fsp3) is 0.100. The number of amides is 1. The van der Waals surface area contributed by atoms with E-state index in [0.29, 0.717) is 34.8 Å². The van der Waals surface area contributed by atoms with Crippen molar-refractivity contribution in [3.05, 3.63) is 48.8 Å². The summed E-state index contributed by atoms with van der Waals surface area (Å²) >= 11 is 0. The zero-order valence-corrected chi connectivity index (χ0v) is 15.8. The number of hydrogen-bond acceptors (Lipinski definition) is 6. The molecule has 0 bridgehead atoms. The van der Waals surface area contributed by atoms with Crippen molar-refractivity contribution in [2.24, 2.45) is 0 Å². The summed E-state index contributed by atoms with van der Waals surface area (Å²) in [6.45, 7) is 1.75. The number of nitrogens with zero attached hydrogens (tertiary/aromatic N) is 5. The van der Waals surface area contributed by atoms with E-state index in [1.165, 1.54) is 18.6 Å². The minimum Gasteiger partial charge on any atom is -0.335 e. The minimum absolute atomic E-state index is 0.154. The van der Waals surface area contributed by atoms with Gasteiger partial charge in [-0.25, -0.2) is 19.3 Å². The molecule has 0 atom stereocenters. The Labute approximate surface area is 168 Å². The standard InChI is InChI=1S/C20H15FN8O/c1-2-14(30)25-11-6-10(7-22-8-11)12-9-24-19-15(16(12)21)17(28-29-19)20-26-13-4-3-5-23-18(13)27-20/h3-9H,2H2,1H3,(H,25,30)(H,23,26,27)(H,24,28,29). The Hall–Kier alpha value is -4.21. The van der Waals surface area contributed by atoms with Gasteiger partial charge in [-0.3, -0.25) is 14.9 Å². The van der Waals surface area contributed by atoms with Crippen molar-refractivity contribution in [2.45, 2.75) is 13.3 Å². The van der Waals surface area contributed by atoms with Crippen LogP contribution in [0.4, 0.5) is 10.1 Å². The van der Waals surface area contributed by atoms with Crippen LogP contribution < -0.4 is 5.32 Å². The molecule has 1 amide bonds. The number of carbonyl (C=O) groups excluding carboxylic acids is 1. The van der Waals surface area contributed by atoms with Gasteiger partial charge in [-0.2, -0.15) is 5.10 Å². The Morgan fingerprint density at radius 3 is 2.93 bits per heavy atom. The number of fused-ring (bicyclic) bond motifs is 2. The lowest BCUT2D eigenvalue weighted by Crippen LogP contribution is -2.09. The van der Waals surface area contributed by atoms with Gasteiger partial charge in [0.1, 0.15) is 11.5 Å². The molecule has 0 unspecified atom stereocenters. The molecule has 0 aromatic carbocycles. The normalized spacial score (nSPS) is 11.3. The largest absolute Gasteiger partial charge is 0.335 e. The second kappa shape index (κ2) is 6.99. The molecule has 0 aliphatic carbocycles. The zero-order chi connectivity index (χ0) is 20.7. The van der Waals surface area contributed by atoms with Crippen LogP contribution in [0.25, 0.3) is 44.8 Å². The summed E-state index contributed by atoms with van der Waals surface area (Å²) < 4.78 is 15.6. The van der Waals surface area contributed by atoms with Crippen molar-refractivity contribution >= 4 is 33.8 Å². The first-order valence-electron chi connectivity index (χ1n) is 9.23. The summed E-state index contributed by atoms with van der Waals surface area (Å²) in [5.74, 6) is -0.261. The summed E-state index contributed by atoms with van der Waals surface area (Å²) in [6.07, 6.45) is 6.38. The lowest BCUT2D eigenvalue weighted by Gasteiger charge is -2.07. The number of hydrogen-bond donors (Lipinski definition) is 3. The summed E-state index contributed by atoms with van der Waals surface area (Å²) in [5, 5.41) is 9.83. The van der Waals surface area contributed by atoms with Crippen LogP contribution in [0.2, 0.25) is 0 Å². The highest BCUT2D eigenvalue weighted by Crippen LogP contribution is 2.32. The number of pyridine rings is 3. The van der Waals surface area contributed by atoms with Crippen LogP contribution in [0.1, 0.15) is 13.3 Å². The summed E-state index contributed by atoms with van der Waals surface area (Å²) in [7, 11) is 0. The van der Waals surface area contributed by atoms with Crippen molar-refractivity contribution in [3.63, 3.8) is 0 Å². The van der Waals surface area contributed by atoms with Crippen LogP contribution >= 0.6 is 0 Å². The van der Waals surface area contributed by atoms with Crippen LogP contribution in [-0.4, -0.2) is 41.0 Å². The van der Waals surface area contributed by atoms with E-state index in [2.05, 4.69) is 40.4 Å². The van der Waals surface area contributed by atoms with E-state index in [0.717, 1.165) is 5.52 Å². The van der Waals surface area contributed by atoms with Crippen molar-refractivity contribution in [3.8, 4) is 22.6 Å². The quantitative estimate of drug-likeness (QED) is 0.423. The first-order valence-corrected chi connectivity index (χ1v) is 9.23. The van der Waals surface area contributed by atoms with E-state index in [-0.39, 0.29) is 22.5 Å². The van der Waals surface area contributed by atoms with E-state index in [4.69, 9.17) is 0 Å². The molecule has 0 aliphatic rings. The van der Waals surface area contributed by atoms with Crippen molar-refractivity contribution in [1.82, 2.24) is 35.1 Å². The molecule has 30 heavy (non-hydrogen) atoms. The Morgan fingerprint density at radius 2 is 2.10 bits per heavy atom. The number of nitrogens with one attached hydrogen (secondary N) is 3. The van der Waals surface area contributed by atoms with Crippen molar-refractivity contribution in [2.75, 3.05) is 5.32 Å². The fourth-order valence-corrected chi connectivity index (χ4v) is 3.19. The molecule has 3 N–H and O–H groups in total. The van der Waals surface area contributed by atoms with Gasteiger partial charge in [0, 0.05) is 36.1 Å². The van der Waals surface area contributed by atoms with Gasteiger partial charge in [0.25, 0.3) is 0 Å². The van der Waals surface area contributed by atoms with Crippen LogP contribution in [0.5, 0.6) is 0 Å². The van der Waals surface area contributed by atoms with E-state index >= 15 is 4.39 Å². The molecule has 5 aromatic rings. The molecule has 0 saturated carbocycles. The summed E-state index contributed by atoms with van der Waals surface area (Å²) in [5.41, 5.74) is 3.04. The van der Waals surface area contributed by atoms with Gasteiger partial charge in [-0.1, -0.05) is 6.92 Å². The van der Waals surface area contributed by atoms with Gasteiger partial charge in [0.05, 0.1) is 22.8 Å². The summed E-state index contributed by atoms with van der Waals surface area (Å²) in [4.78, 5) is 31.8. The van der Waals surface area contributed by atoms with Crippen molar-refractivity contribution in [1.29, 1.82) is 0 Å². The predicted octanol–water partition coefficient (Wildman–Crippen LogP) is 3.45. The molecule has 0 aliphatic heterocycles. The molecule has 0 spiro atoms. The lowest BCUT2D eigenvalue weighted by atomic mass is 10.1. The monoisotopic (exact) mass is 402 g/mol. The molecule has 0 saturated heterocycles. The highest BCUT2D eigenvalue weighted by Gasteiger charge is 2.20. The molecule has 0 fully saturated rings. The van der Waals surface area contributed by atoms with E-state index in [1.807, 2.05) is 6.07 Å². The molecule has 9 nitrogen and oxygen atoms in total. The molecular weight excluding hydrogens is 387 g/mol. The molecule has 10 heteroatoms. The first-order chi connectivity index (χ1) is 14.6. The number of halogens is 1. The SMILES string of the molecule is CCC(=O)Nc1cncc(-c2cnc3n[nH]c(-c4nc5ncccc5[nH]4)c3c2F)c1. The second-order valence-corrected chi connectivity index (χ2v) is 6.61. The Kier molecular flexibility index (Phi) is 4.16. The van der Waals surface area contributed by atoms with Gasteiger partial charge in [0.2, 0.25) is 5.91 Å². The van der Waals surface area contributed by atoms with Crippen LogP contribution in [-0.2, 0) is 4.79 Å². The molecular formula is C20H15FN8O.